The SMILES string of the molecule is COCCn1cnc2ccc(Sc3nnc4ccc(-c5cnn(C)c5)nn34)cc21. The smallest absolute Gasteiger partial charge is 0.217 e. The zero-order chi connectivity index (χ0) is 19.8. The fourth-order valence-corrected chi connectivity index (χ4v) is 3.93. The number of benzene rings is 1. The molecule has 0 aliphatic rings. The van der Waals surface area contributed by atoms with Gasteiger partial charge in [-0.1, -0.05) is 0 Å². The molecule has 4 aromatic heterocycles. The summed E-state index contributed by atoms with van der Waals surface area (Å²) in [6.07, 6.45) is 5.56. The molecule has 5 rings (SSSR count). The lowest BCUT2D eigenvalue weighted by molar-refractivity contribution is 0.188. The van der Waals surface area contributed by atoms with E-state index in [-0.39, 0.29) is 0 Å². The third-order valence-corrected chi connectivity index (χ3v) is 5.50. The molecule has 29 heavy (non-hydrogen) atoms. The molecule has 0 saturated carbocycles. The van der Waals surface area contributed by atoms with Gasteiger partial charge in [-0.3, -0.25) is 4.68 Å². The van der Waals surface area contributed by atoms with Crippen molar-refractivity contribution >= 4 is 28.4 Å². The van der Waals surface area contributed by atoms with Crippen molar-refractivity contribution in [1.29, 1.82) is 0 Å². The number of rotatable bonds is 6. The first-order valence-corrected chi connectivity index (χ1v) is 9.86. The van der Waals surface area contributed by atoms with Crippen molar-refractivity contribution in [2.45, 2.75) is 16.6 Å². The summed E-state index contributed by atoms with van der Waals surface area (Å²) in [4.78, 5) is 5.49. The van der Waals surface area contributed by atoms with Crippen LogP contribution in [0.3, 0.4) is 0 Å². The van der Waals surface area contributed by atoms with Gasteiger partial charge in [0.1, 0.15) is 0 Å². The van der Waals surface area contributed by atoms with Crippen LogP contribution in [-0.4, -0.2) is 52.9 Å². The van der Waals surface area contributed by atoms with Crippen LogP contribution in [0.2, 0.25) is 0 Å². The van der Waals surface area contributed by atoms with Gasteiger partial charge in [0.05, 0.1) is 35.9 Å². The zero-order valence-electron chi connectivity index (χ0n) is 15.9. The molecule has 0 saturated heterocycles. The number of aromatic nitrogens is 8. The van der Waals surface area contributed by atoms with E-state index < -0.39 is 0 Å². The summed E-state index contributed by atoms with van der Waals surface area (Å²) in [5, 5.41) is 18.2. The van der Waals surface area contributed by atoms with Crippen LogP contribution in [-0.2, 0) is 18.3 Å². The van der Waals surface area contributed by atoms with E-state index in [0.717, 1.165) is 33.7 Å². The molecule has 0 spiro atoms. The molecular weight excluding hydrogens is 388 g/mol. The predicted molar refractivity (Wildman–Crippen MR) is 109 cm³/mol. The number of fused-ring (bicyclic) bond motifs is 2. The monoisotopic (exact) mass is 406 g/mol. The van der Waals surface area contributed by atoms with Gasteiger partial charge in [-0.05, 0) is 42.1 Å². The minimum absolute atomic E-state index is 0.638. The predicted octanol–water partition coefficient (Wildman–Crippen LogP) is 2.67. The van der Waals surface area contributed by atoms with Gasteiger partial charge in [-0.25, -0.2) is 4.98 Å². The van der Waals surface area contributed by atoms with Gasteiger partial charge in [-0.15, -0.1) is 10.2 Å². The summed E-state index contributed by atoms with van der Waals surface area (Å²) in [6.45, 7) is 1.39. The quantitative estimate of drug-likeness (QED) is 0.428. The van der Waals surface area contributed by atoms with E-state index in [1.165, 1.54) is 11.8 Å². The molecule has 1 aromatic carbocycles. The van der Waals surface area contributed by atoms with Gasteiger partial charge >= 0.3 is 0 Å². The molecule has 0 unspecified atom stereocenters. The van der Waals surface area contributed by atoms with Crippen molar-refractivity contribution in [3.8, 4) is 11.3 Å². The number of hydrogen-bond acceptors (Lipinski definition) is 7. The van der Waals surface area contributed by atoms with E-state index >= 15 is 0 Å². The second kappa shape index (κ2) is 7.30. The highest BCUT2D eigenvalue weighted by atomic mass is 32.2. The van der Waals surface area contributed by atoms with E-state index in [1.807, 2.05) is 43.8 Å². The van der Waals surface area contributed by atoms with Crippen LogP contribution in [0.1, 0.15) is 0 Å². The van der Waals surface area contributed by atoms with Crippen molar-refractivity contribution in [1.82, 2.24) is 39.1 Å². The Morgan fingerprint density at radius 1 is 1.14 bits per heavy atom. The molecule has 0 bridgehead atoms. The molecule has 0 aliphatic heterocycles. The third-order valence-electron chi connectivity index (χ3n) is 4.57. The Kier molecular flexibility index (Phi) is 4.49. The molecule has 146 valence electrons. The highest BCUT2D eigenvalue weighted by Crippen LogP contribution is 2.29. The highest BCUT2D eigenvalue weighted by Gasteiger charge is 2.12. The van der Waals surface area contributed by atoms with Crippen LogP contribution in [0.5, 0.6) is 0 Å². The topological polar surface area (TPSA) is 88.0 Å². The van der Waals surface area contributed by atoms with Crippen LogP contribution in [0, 0.1) is 0 Å². The maximum absolute atomic E-state index is 5.19. The Morgan fingerprint density at radius 2 is 2.07 bits per heavy atom. The average Bonchev–Trinajstić information content (AvgIpc) is 3.45. The second-order valence-electron chi connectivity index (χ2n) is 6.56. The van der Waals surface area contributed by atoms with Gasteiger partial charge in [0.15, 0.2) is 5.65 Å². The number of methoxy groups -OCH3 is 1. The van der Waals surface area contributed by atoms with Crippen LogP contribution in [0.25, 0.3) is 27.9 Å². The summed E-state index contributed by atoms with van der Waals surface area (Å²) in [5.41, 5.74) is 4.48. The number of ether oxygens (including phenoxy) is 1. The Balaban J connectivity index is 1.49. The van der Waals surface area contributed by atoms with E-state index in [1.54, 1.807) is 22.5 Å². The van der Waals surface area contributed by atoms with Crippen LogP contribution in [0.4, 0.5) is 0 Å². The Hall–Kier alpha value is -3.24. The number of hydrogen-bond donors (Lipinski definition) is 0. The van der Waals surface area contributed by atoms with Crippen molar-refractivity contribution in [2.75, 3.05) is 13.7 Å². The van der Waals surface area contributed by atoms with Crippen molar-refractivity contribution in [3.05, 3.63) is 49.1 Å². The first-order chi connectivity index (χ1) is 14.2. The molecule has 0 atom stereocenters. The summed E-state index contributed by atoms with van der Waals surface area (Å²) in [5.74, 6) is 0. The van der Waals surface area contributed by atoms with Gasteiger partial charge in [0, 0.05) is 37.4 Å². The van der Waals surface area contributed by atoms with Gasteiger partial charge in [-0.2, -0.15) is 14.7 Å². The second-order valence-corrected chi connectivity index (χ2v) is 7.60. The molecule has 0 amide bonds. The van der Waals surface area contributed by atoms with Crippen molar-refractivity contribution in [3.63, 3.8) is 0 Å². The van der Waals surface area contributed by atoms with E-state index in [4.69, 9.17) is 9.84 Å². The molecule has 4 heterocycles. The molecule has 5 aromatic rings. The minimum Gasteiger partial charge on any atom is -0.383 e. The maximum atomic E-state index is 5.19. The van der Waals surface area contributed by atoms with Crippen LogP contribution < -0.4 is 0 Å². The van der Waals surface area contributed by atoms with Crippen LogP contribution >= 0.6 is 11.8 Å². The average molecular weight is 406 g/mol. The summed E-state index contributed by atoms with van der Waals surface area (Å²) >= 11 is 1.52. The number of nitrogens with zero attached hydrogens (tertiary/aromatic N) is 8. The molecule has 9 nitrogen and oxygen atoms in total. The lowest BCUT2D eigenvalue weighted by Gasteiger charge is -2.05. The molecular formula is C19H18N8OS. The third kappa shape index (κ3) is 3.36. The summed E-state index contributed by atoms with van der Waals surface area (Å²) in [7, 11) is 3.58. The van der Waals surface area contributed by atoms with E-state index in [2.05, 4.69) is 30.9 Å². The Bertz CT molecular complexity index is 1300. The fourth-order valence-electron chi connectivity index (χ4n) is 3.11. The lowest BCUT2D eigenvalue weighted by atomic mass is 10.2. The highest BCUT2D eigenvalue weighted by molar-refractivity contribution is 7.99. The first kappa shape index (κ1) is 17.8. The molecule has 0 fully saturated rings. The number of aryl methyl sites for hydroxylation is 1. The zero-order valence-corrected chi connectivity index (χ0v) is 16.7. The maximum Gasteiger partial charge on any atom is 0.217 e. The standard InChI is InChI=1S/C19H18N8OS/c1-25-11-13(10-21-25)15-5-6-18-22-23-19(27(18)24-15)29-14-3-4-16-17(9-14)26(12-20-16)7-8-28-2/h3-6,9-12H,7-8H2,1-2H3. The van der Waals surface area contributed by atoms with Crippen LogP contribution in [0.15, 0.2) is 59.1 Å². The Morgan fingerprint density at radius 3 is 2.90 bits per heavy atom. The first-order valence-electron chi connectivity index (χ1n) is 9.04. The van der Waals surface area contributed by atoms with E-state index in [0.29, 0.717) is 17.4 Å². The molecule has 0 aliphatic carbocycles. The van der Waals surface area contributed by atoms with Gasteiger partial charge in [0.2, 0.25) is 5.16 Å². The summed E-state index contributed by atoms with van der Waals surface area (Å²) < 4.78 is 10.8. The van der Waals surface area contributed by atoms with Crippen molar-refractivity contribution < 1.29 is 4.74 Å². The van der Waals surface area contributed by atoms with Gasteiger partial charge < -0.3 is 9.30 Å². The normalized spacial score (nSPS) is 11.7. The van der Waals surface area contributed by atoms with E-state index in [9.17, 15) is 0 Å². The summed E-state index contributed by atoms with van der Waals surface area (Å²) in [6, 6.07) is 9.99. The molecule has 10 heteroatoms. The van der Waals surface area contributed by atoms with Gasteiger partial charge in [0.25, 0.3) is 0 Å². The minimum atomic E-state index is 0.638. The number of imidazole rings is 1. The van der Waals surface area contributed by atoms with Crippen molar-refractivity contribution in [2.24, 2.45) is 7.05 Å². The molecule has 0 N–H and O–H groups in total. The lowest BCUT2D eigenvalue weighted by Crippen LogP contribution is -2.02. The fraction of sp³-hybridized carbons (Fsp3) is 0.211. The Labute approximate surface area is 170 Å². The largest absolute Gasteiger partial charge is 0.383 e. The molecule has 0 radical (unpaired) electrons.